The standard InChI is InChI=1S/C57H94O6/c1-4-7-10-13-16-19-22-25-27-28-30-32-35-38-41-44-47-50-56(59)62-53-54(52-61-55(58)49-46-43-40-37-34-31-24-21-18-15-12-9-6-3)63-57(60)51-48-45-42-39-36-33-29-26-23-20-17-14-11-8-5-2/h7-8,10-12,15-17,19-21,24-27,29,54H,4-6,9,13-14,18,22-23,28,30-53H2,1-3H3/b10-7-,11-8-,15-12-,19-16-,20-17-,24-21-,27-25-,29-26-. The van der Waals surface area contributed by atoms with Gasteiger partial charge in [0.2, 0.25) is 0 Å². The van der Waals surface area contributed by atoms with E-state index in [1.54, 1.807) is 0 Å². The number of ether oxygens (including phenoxy) is 3. The zero-order valence-electron chi connectivity index (χ0n) is 40.8. The Morgan fingerprint density at radius 2 is 0.619 bits per heavy atom. The highest BCUT2D eigenvalue weighted by Crippen LogP contribution is 2.14. The number of esters is 3. The van der Waals surface area contributed by atoms with Crippen molar-refractivity contribution in [3.8, 4) is 0 Å². The molecule has 0 aliphatic heterocycles. The van der Waals surface area contributed by atoms with Gasteiger partial charge in [0.25, 0.3) is 0 Å². The minimum atomic E-state index is -0.797. The van der Waals surface area contributed by atoms with Crippen LogP contribution in [0.1, 0.15) is 226 Å². The molecule has 1 atom stereocenters. The van der Waals surface area contributed by atoms with Crippen LogP contribution in [0.2, 0.25) is 0 Å². The van der Waals surface area contributed by atoms with Gasteiger partial charge >= 0.3 is 17.9 Å². The van der Waals surface area contributed by atoms with Gasteiger partial charge in [0.05, 0.1) is 0 Å². The SMILES string of the molecule is CC/C=C\C/C=C\C/C=C\CCCCCCCCCC(=O)OCC(COC(=O)CCCCCCC/C=C\C/C=C\CCC)OC(=O)CCCCCCC/C=C\C/C=C\C/C=C\CC. The molecule has 0 saturated carbocycles. The van der Waals surface area contributed by atoms with Gasteiger partial charge in [-0.2, -0.15) is 0 Å². The number of allylic oxidation sites excluding steroid dienone is 16. The number of carbonyl (C=O) groups excluding carboxylic acids is 3. The lowest BCUT2D eigenvalue weighted by Gasteiger charge is -2.18. The van der Waals surface area contributed by atoms with Crippen molar-refractivity contribution in [3.63, 3.8) is 0 Å². The minimum absolute atomic E-state index is 0.0957. The van der Waals surface area contributed by atoms with E-state index in [1.807, 2.05) is 0 Å². The Kier molecular flexibility index (Phi) is 48.0. The fourth-order valence-electron chi connectivity index (χ4n) is 6.74. The van der Waals surface area contributed by atoms with E-state index in [1.165, 1.54) is 32.1 Å². The van der Waals surface area contributed by atoms with Crippen molar-refractivity contribution in [2.75, 3.05) is 13.2 Å². The quantitative estimate of drug-likeness (QED) is 0.0262. The number of rotatable bonds is 45. The van der Waals surface area contributed by atoms with Gasteiger partial charge in [0.1, 0.15) is 13.2 Å². The van der Waals surface area contributed by atoms with E-state index >= 15 is 0 Å². The Morgan fingerprint density at radius 1 is 0.333 bits per heavy atom. The smallest absolute Gasteiger partial charge is 0.306 e. The summed E-state index contributed by atoms with van der Waals surface area (Å²) in [5, 5.41) is 0. The van der Waals surface area contributed by atoms with Crippen molar-refractivity contribution in [1.29, 1.82) is 0 Å². The molecule has 0 rings (SSSR count). The summed E-state index contributed by atoms with van der Waals surface area (Å²) in [6.07, 6.45) is 66.7. The molecule has 358 valence electrons. The second-order valence-electron chi connectivity index (χ2n) is 16.7. The van der Waals surface area contributed by atoms with E-state index in [-0.39, 0.29) is 31.1 Å². The highest BCUT2D eigenvalue weighted by atomic mass is 16.6. The molecule has 0 fully saturated rings. The molecule has 0 aromatic heterocycles. The molecule has 0 saturated heterocycles. The Bertz CT molecular complexity index is 1280. The molecular weight excluding hydrogens is 781 g/mol. The van der Waals surface area contributed by atoms with E-state index in [2.05, 4.69) is 118 Å². The van der Waals surface area contributed by atoms with Crippen LogP contribution in [0.4, 0.5) is 0 Å². The topological polar surface area (TPSA) is 78.9 Å². The van der Waals surface area contributed by atoms with Crippen LogP contribution in [0.5, 0.6) is 0 Å². The van der Waals surface area contributed by atoms with E-state index in [9.17, 15) is 14.4 Å². The van der Waals surface area contributed by atoms with E-state index < -0.39 is 6.10 Å². The normalized spacial score (nSPS) is 12.9. The van der Waals surface area contributed by atoms with Crippen molar-refractivity contribution in [2.24, 2.45) is 0 Å². The van der Waals surface area contributed by atoms with Crippen LogP contribution in [-0.4, -0.2) is 37.2 Å². The fraction of sp³-hybridized carbons (Fsp3) is 0.667. The average Bonchev–Trinajstić information content (AvgIpc) is 3.28. The Labute approximate surface area is 387 Å². The molecule has 6 nitrogen and oxygen atoms in total. The van der Waals surface area contributed by atoms with Crippen molar-refractivity contribution >= 4 is 17.9 Å². The molecule has 0 bridgehead atoms. The average molecular weight is 875 g/mol. The third kappa shape index (κ3) is 49.2. The summed E-state index contributed by atoms with van der Waals surface area (Å²) in [5.74, 6) is -0.940. The maximum atomic E-state index is 12.8. The Hall–Kier alpha value is -3.67. The maximum Gasteiger partial charge on any atom is 0.306 e. The summed E-state index contributed by atoms with van der Waals surface area (Å²) in [7, 11) is 0. The zero-order valence-corrected chi connectivity index (χ0v) is 40.8. The van der Waals surface area contributed by atoms with Gasteiger partial charge in [0.15, 0.2) is 6.10 Å². The third-order valence-corrected chi connectivity index (χ3v) is 10.5. The van der Waals surface area contributed by atoms with Crippen molar-refractivity contribution in [1.82, 2.24) is 0 Å². The van der Waals surface area contributed by atoms with Gasteiger partial charge < -0.3 is 14.2 Å². The molecule has 0 aliphatic rings. The second kappa shape index (κ2) is 51.0. The highest BCUT2D eigenvalue weighted by molar-refractivity contribution is 5.71. The van der Waals surface area contributed by atoms with Crippen LogP contribution >= 0.6 is 0 Å². The summed E-state index contributed by atoms with van der Waals surface area (Å²) in [4.78, 5) is 38.0. The van der Waals surface area contributed by atoms with Gasteiger partial charge in [-0.15, -0.1) is 0 Å². The van der Waals surface area contributed by atoms with Gasteiger partial charge in [-0.3, -0.25) is 14.4 Å². The molecule has 0 radical (unpaired) electrons. The molecule has 0 spiro atoms. The number of hydrogen-bond donors (Lipinski definition) is 0. The first kappa shape index (κ1) is 59.3. The summed E-state index contributed by atoms with van der Waals surface area (Å²) in [5.41, 5.74) is 0. The highest BCUT2D eigenvalue weighted by Gasteiger charge is 2.19. The molecular formula is C57H94O6. The molecule has 0 amide bonds. The first-order valence-corrected chi connectivity index (χ1v) is 25.7. The lowest BCUT2D eigenvalue weighted by Crippen LogP contribution is -2.30. The molecule has 0 heterocycles. The predicted octanol–water partition coefficient (Wildman–Crippen LogP) is 17.0. The lowest BCUT2D eigenvalue weighted by molar-refractivity contribution is -0.167. The predicted molar refractivity (Wildman–Crippen MR) is 270 cm³/mol. The van der Waals surface area contributed by atoms with Crippen LogP contribution in [0.15, 0.2) is 97.2 Å². The summed E-state index contributed by atoms with van der Waals surface area (Å²) in [6.45, 7) is 6.31. The van der Waals surface area contributed by atoms with Crippen LogP contribution in [0.3, 0.4) is 0 Å². The van der Waals surface area contributed by atoms with Gasteiger partial charge in [0, 0.05) is 19.3 Å². The van der Waals surface area contributed by atoms with Crippen LogP contribution < -0.4 is 0 Å². The fourth-order valence-corrected chi connectivity index (χ4v) is 6.74. The number of carbonyl (C=O) groups is 3. The Balaban J connectivity index is 4.45. The number of unbranched alkanes of at least 4 members (excludes halogenated alkanes) is 18. The summed E-state index contributed by atoms with van der Waals surface area (Å²) < 4.78 is 16.8. The van der Waals surface area contributed by atoms with Gasteiger partial charge in [-0.1, -0.05) is 195 Å². The first-order chi connectivity index (χ1) is 31.0. The van der Waals surface area contributed by atoms with E-state index in [0.29, 0.717) is 19.3 Å². The molecule has 1 unspecified atom stereocenters. The zero-order chi connectivity index (χ0) is 45.8. The van der Waals surface area contributed by atoms with Crippen molar-refractivity contribution in [2.45, 2.75) is 232 Å². The summed E-state index contributed by atoms with van der Waals surface area (Å²) >= 11 is 0. The Morgan fingerprint density at radius 3 is 0.968 bits per heavy atom. The second-order valence-corrected chi connectivity index (χ2v) is 16.7. The third-order valence-electron chi connectivity index (χ3n) is 10.5. The molecule has 0 aromatic rings. The lowest BCUT2D eigenvalue weighted by atomic mass is 10.1. The van der Waals surface area contributed by atoms with E-state index in [4.69, 9.17) is 14.2 Å². The number of hydrogen-bond acceptors (Lipinski definition) is 6. The molecule has 63 heavy (non-hydrogen) atoms. The largest absolute Gasteiger partial charge is 0.462 e. The molecule has 6 heteroatoms. The van der Waals surface area contributed by atoms with Crippen LogP contribution in [0.25, 0.3) is 0 Å². The monoisotopic (exact) mass is 875 g/mol. The van der Waals surface area contributed by atoms with Crippen LogP contribution in [0, 0.1) is 0 Å². The molecule has 0 aromatic carbocycles. The maximum absolute atomic E-state index is 12.8. The minimum Gasteiger partial charge on any atom is -0.462 e. The van der Waals surface area contributed by atoms with Crippen LogP contribution in [-0.2, 0) is 28.6 Å². The van der Waals surface area contributed by atoms with Gasteiger partial charge in [-0.05, 0) is 109 Å². The first-order valence-electron chi connectivity index (χ1n) is 25.7. The molecule has 0 N–H and O–H groups in total. The van der Waals surface area contributed by atoms with Crippen molar-refractivity contribution < 1.29 is 28.6 Å². The van der Waals surface area contributed by atoms with E-state index in [0.717, 1.165) is 154 Å². The molecule has 0 aliphatic carbocycles. The summed E-state index contributed by atoms with van der Waals surface area (Å²) in [6, 6.07) is 0. The van der Waals surface area contributed by atoms with Crippen molar-refractivity contribution in [3.05, 3.63) is 97.2 Å². The van der Waals surface area contributed by atoms with Gasteiger partial charge in [-0.25, -0.2) is 0 Å².